The number of phenolic OH excluding ortho intramolecular Hbond substituents is 1. The van der Waals surface area contributed by atoms with E-state index in [0.717, 1.165) is 12.1 Å². The molecule has 0 aliphatic heterocycles. The molecular formula is C20H19N3Na2O11S3. The van der Waals surface area contributed by atoms with Crippen LogP contribution in [-0.4, -0.2) is 117 Å². The molecule has 3 rings (SSSR count). The molecule has 14 nitrogen and oxygen atoms in total. The van der Waals surface area contributed by atoms with Crippen LogP contribution in [0.15, 0.2) is 68.6 Å². The maximum Gasteiger partial charge on any atom is 0.397 e. The Hall–Kier alpha value is -1.48. The van der Waals surface area contributed by atoms with Crippen molar-refractivity contribution in [1.29, 1.82) is 0 Å². The first kappa shape index (κ1) is 35.5. The number of nitrogens with zero attached hydrogens (tertiary/aromatic N) is 2. The van der Waals surface area contributed by atoms with Crippen LogP contribution in [0.1, 0.15) is 6.92 Å². The number of anilines is 1. The van der Waals surface area contributed by atoms with Crippen LogP contribution in [0.3, 0.4) is 0 Å². The zero-order chi connectivity index (χ0) is 27.6. The summed E-state index contributed by atoms with van der Waals surface area (Å²) in [6, 6.07) is 10.0. The van der Waals surface area contributed by atoms with Gasteiger partial charge in [-0.05, 0) is 41.8 Å². The molecule has 19 heteroatoms. The van der Waals surface area contributed by atoms with Gasteiger partial charge in [-0.25, -0.2) is 12.6 Å². The number of rotatable bonds is 9. The monoisotopic (exact) mass is 619 g/mol. The summed E-state index contributed by atoms with van der Waals surface area (Å²) in [5.41, 5.74) is -0.469. The van der Waals surface area contributed by atoms with Crippen molar-refractivity contribution >= 4 is 123 Å². The Morgan fingerprint density at radius 3 is 2.21 bits per heavy atom. The van der Waals surface area contributed by atoms with Crippen molar-refractivity contribution in [2.24, 2.45) is 10.2 Å². The number of phenols is 1. The molecule has 0 fully saturated rings. The molecule has 4 N–H and O–H groups in total. The first-order valence-electron chi connectivity index (χ1n) is 9.98. The van der Waals surface area contributed by atoms with Gasteiger partial charge in [0.1, 0.15) is 10.6 Å². The average Bonchev–Trinajstić information content (AvgIpc) is 2.77. The Bertz CT molecular complexity index is 1750. The van der Waals surface area contributed by atoms with Gasteiger partial charge >= 0.3 is 10.4 Å². The molecule has 0 atom stereocenters. The van der Waals surface area contributed by atoms with Gasteiger partial charge in [0.2, 0.25) is 5.91 Å². The molecule has 0 bridgehead atoms. The van der Waals surface area contributed by atoms with Crippen LogP contribution in [0.5, 0.6) is 5.75 Å². The van der Waals surface area contributed by atoms with E-state index in [4.69, 9.17) is 4.55 Å². The van der Waals surface area contributed by atoms with Crippen LogP contribution in [0.2, 0.25) is 0 Å². The van der Waals surface area contributed by atoms with E-state index in [1.165, 1.54) is 43.3 Å². The van der Waals surface area contributed by atoms with Crippen LogP contribution in [-0.2, 0) is 39.3 Å². The smallest absolute Gasteiger partial charge is 0.397 e. The van der Waals surface area contributed by atoms with Crippen LogP contribution >= 0.6 is 0 Å². The van der Waals surface area contributed by atoms with E-state index in [0.29, 0.717) is 0 Å². The summed E-state index contributed by atoms with van der Waals surface area (Å²) in [6.07, 6.45) is 0. The Morgan fingerprint density at radius 2 is 1.62 bits per heavy atom. The number of hydrogen-bond acceptors (Lipinski definition) is 11. The standard InChI is InChI=1S/C20H19N3O11S3.2Na/c1-12(24)21-14-6-5-13-9-18(36(28,29)30)19(20(25)17(13)11-14)23-22-15-3-2-4-16(10-15)35(26,27)8-7-34-37(31,32)33;;/h2-6,9-11,25H,7-8H2,1H3,(H,21,24)(H,28,29,30)(H,31,32,33);;. The molecule has 39 heavy (non-hydrogen) atoms. The number of sulfone groups is 1. The predicted octanol–water partition coefficient (Wildman–Crippen LogP) is 2.00. The Kier molecular flexibility index (Phi) is 12.7. The number of fused-ring (bicyclic) bond motifs is 1. The second kappa shape index (κ2) is 13.9. The third-order valence-electron chi connectivity index (χ3n) is 4.68. The summed E-state index contributed by atoms with van der Waals surface area (Å²) in [4.78, 5) is 10.2. The summed E-state index contributed by atoms with van der Waals surface area (Å²) in [7, 11) is -13.8. The van der Waals surface area contributed by atoms with Crippen LogP contribution in [0.25, 0.3) is 10.8 Å². The van der Waals surface area contributed by atoms with Gasteiger partial charge in [0.25, 0.3) is 10.1 Å². The molecule has 0 unspecified atom stereocenters. The van der Waals surface area contributed by atoms with Crippen molar-refractivity contribution in [3.05, 3.63) is 48.5 Å². The van der Waals surface area contributed by atoms with Crippen molar-refractivity contribution in [3.63, 3.8) is 0 Å². The zero-order valence-electron chi connectivity index (χ0n) is 20.8. The van der Waals surface area contributed by atoms with E-state index < -0.39 is 65.0 Å². The molecular weight excluding hydrogens is 600 g/mol. The summed E-state index contributed by atoms with van der Waals surface area (Å²) in [6.45, 7) is 0.414. The first-order valence-corrected chi connectivity index (χ1v) is 14.4. The van der Waals surface area contributed by atoms with Crippen LogP contribution < -0.4 is 5.32 Å². The topological polar surface area (TPSA) is 226 Å². The Labute approximate surface area is 268 Å². The number of nitrogens with one attached hydrogen (secondary N) is 1. The van der Waals surface area contributed by atoms with Crippen molar-refractivity contribution in [1.82, 2.24) is 0 Å². The van der Waals surface area contributed by atoms with Gasteiger partial charge in [-0.3, -0.25) is 13.9 Å². The van der Waals surface area contributed by atoms with Gasteiger partial charge in [0.05, 0.1) is 22.9 Å². The molecule has 0 aromatic heterocycles. The molecule has 0 aliphatic carbocycles. The van der Waals surface area contributed by atoms with E-state index in [-0.39, 0.29) is 86.2 Å². The number of aromatic hydroxyl groups is 1. The minimum Gasteiger partial charge on any atom is -0.505 e. The summed E-state index contributed by atoms with van der Waals surface area (Å²) in [5.74, 6) is -1.89. The SMILES string of the molecule is CC(=O)Nc1ccc2cc(S(=O)(=O)O)c(N=Nc3cccc(S(=O)(=O)CCOS(=O)(=O)O)c3)c(O)c2c1.[Na].[Na]. The van der Waals surface area contributed by atoms with E-state index >= 15 is 0 Å². The second-order valence-electron chi connectivity index (χ2n) is 7.43. The number of carbonyl (C=O) groups is 1. The predicted molar refractivity (Wildman–Crippen MR) is 141 cm³/mol. The number of benzene rings is 3. The van der Waals surface area contributed by atoms with Gasteiger partial charge in [0, 0.05) is 77.1 Å². The number of carbonyl (C=O) groups excluding carboxylic acids is 1. The molecule has 0 heterocycles. The van der Waals surface area contributed by atoms with E-state index in [1.54, 1.807) is 0 Å². The normalized spacial score (nSPS) is 12.1. The van der Waals surface area contributed by atoms with Gasteiger partial charge < -0.3 is 10.4 Å². The maximum atomic E-state index is 12.4. The van der Waals surface area contributed by atoms with Crippen molar-refractivity contribution in [2.45, 2.75) is 16.7 Å². The largest absolute Gasteiger partial charge is 0.505 e. The average molecular weight is 620 g/mol. The molecule has 0 spiro atoms. The minimum atomic E-state index is -4.90. The van der Waals surface area contributed by atoms with E-state index in [9.17, 15) is 39.7 Å². The molecule has 3 aromatic rings. The van der Waals surface area contributed by atoms with E-state index in [1.807, 2.05) is 0 Å². The quantitative estimate of drug-likeness (QED) is 0.154. The Balaban J connectivity index is 0.00000380. The van der Waals surface area contributed by atoms with Crippen molar-refractivity contribution in [3.8, 4) is 5.75 Å². The fourth-order valence-corrected chi connectivity index (χ4v) is 5.31. The first-order chi connectivity index (χ1) is 17.1. The third-order valence-corrected chi connectivity index (χ3v) is 7.69. The molecule has 0 saturated heterocycles. The summed E-state index contributed by atoms with van der Waals surface area (Å²) < 4.78 is 92.3. The van der Waals surface area contributed by atoms with E-state index in [2.05, 4.69) is 19.7 Å². The zero-order valence-corrected chi connectivity index (χ0v) is 27.2. The maximum absolute atomic E-state index is 12.4. The van der Waals surface area contributed by atoms with Crippen molar-refractivity contribution < 1.29 is 48.4 Å². The molecule has 0 aliphatic rings. The van der Waals surface area contributed by atoms with Gasteiger partial charge in [-0.2, -0.15) is 21.9 Å². The fraction of sp³-hybridized carbons (Fsp3) is 0.150. The molecule has 200 valence electrons. The molecule has 0 saturated carbocycles. The Morgan fingerprint density at radius 1 is 0.949 bits per heavy atom. The fourth-order valence-electron chi connectivity index (χ4n) is 3.13. The van der Waals surface area contributed by atoms with Gasteiger partial charge in [0.15, 0.2) is 15.6 Å². The van der Waals surface area contributed by atoms with Gasteiger partial charge in [-0.1, -0.05) is 12.1 Å². The second-order valence-corrected chi connectivity index (χ2v) is 12.0. The van der Waals surface area contributed by atoms with Crippen LogP contribution in [0, 0.1) is 0 Å². The van der Waals surface area contributed by atoms with Gasteiger partial charge in [-0.15, -0.1) is 5.11 Å². The molecule has 3 aromatic carbocycles. The minimum absolute atomic E-state index is 0. The van der Waals surface area contributed by atoms with Crippen LogP contribution in [0.4, 0.5) is 17.1 Å². The third kappa shape index (κ3) is 9.83. The molecule has 1 amide bonds. The summed E-state index contributed by atoms with van der Waals surface area (Å²) >= 11 is 0. The summed E-state index contributed by atoms with van der Waals surface area (Å²) in [5, 5.41) is 21.0. The van der Waals surface area contributed by atoms with Crippen molar-refractivity contribution in [2.75, 3.05) is 17.7 Å². The number of azo groups is 1. The number of hydrogen-bond donors (Lipinski definition) is 4. The molecule has 2 radical (unpaired) electrons. The number of amides is 1.